The van der Waals surface area contributed by atoms with Crippen LogP contribution in [0.15, 0.2) is 35.5 Å². The summed E-state index contributed by atoms with van der Waals surface area (Å²) in [6.45, 7) is 8.02. The van der Waals surface area contributed by atoms with Crippen LogP contribution in [0.4, 0.5) is 0 Å². The predicted molar refractivity (Wildman–Crippen MR) is 76.9 cm³/mol. The molecule has 0 bridgehead atoms. The SMILES string of the molecule is C/C=C\c1ncc(/C(C)=C/C(Cl)=C\C)cc1C. The fourth-order valence-corrected chi connectivity index (χ4v) is 1.67. The number of aromatic nitrogens is 1. The van der Waals surface area contributed by atoms with Gasteiger partial charge in [-0.2, -0.15) is 0 Å². The van der Waals surface area contributed by atoms with Gasteiger partial charge in [-0.15, -0.1) is 0 Å². The molecule has 1 heterocycles. The minimum Gasteiger partial charge on any atom is -0.256 e. The van der Waals surface area contributed by atoms with Crippen molar-refractivity contribution in [3.05, 3.63) is 52.3 Å². The van der Waals surface area contributed by atoms with Gasteiger partial charge in [-0.25, -0.2) is 0 Å². The Morgan fingerprint density at radius 3 is 2.59 bits per heavy atom. The van der Waals surface area contributed by atoms with Gasteiger partial charge < -0.3 is 0 Å². The van der Waals surface area contributed by atoms with E-state index in [-0.39, 0.29) is 0 Å². The van der Waals surface area contributed by atoms with E-state index in [0.29, 0.717) is 0 Å². The summed E-state index contributed by atoms with van der Waals surface area (Å²) >= 11 is 5.98. The number of pyridine rings is 1. The van der Waals surface area contributed by atoms with E-state index in [1.54, 1.807) is 0 Å². The van der Waals surface area contributed by atoms with Gasteiger partial charge in [0.2, 0.25) is 0 Å². The van der Waals surface area contributed by atoms with E-state index in [9.17, 15) is 0 Å². The standard InChI is InChI=1S/C15H18ClN/c1-5-7-15-12(4)8-13(10-17-15)11(3)9-14(16)6-2/h5-10H,1-4H3/b7-5-,11-9+,14-6+. The Balaban J connectivity index is 3.09. The van der Waals surface area contributed by atoms with Crippen molar-refractivity contribution in [3.8, 4) is 0 Å². The first-order chi connectivity index (χ1) is 8.08. The van der Waals surface area contributed by atoms with Gasteiger partial charge in [-0.3, -0.25) is 4.98 Å². The Bertz CT molecular complexity index is 482. The van der Waals surface area contributed by atoms with Crippen molar-refractivity contribution in [2.75, 3.05) is 0 Å². The van der Waals surface area contributed by atoms with Crippen LogP contribution in [0.1, 0.15) is 37.6 Å². The van der Waals surface area contributed by atoms with Crippen molar-refractivity contribution >= 4 is 23.3 Å². The highest BCUT2D eigenvalue weighted by molar-refractivity contribution is 6.31. The Morgan fingerprint density at radius 1 is 1.35 bits per heavy atom. The fourth-order valence-electron chi connectivity index (χ4n) is 1.51. The highest BCUT2D eigenvalue weighted by atomic mass is 35.5. The van der Waals surface area contributed by atoms with Crippen molar-refractivity contribution in [2.45, 2.75) is 27.7 Å². The number of aryl methyl sites for hydroxylation is 1. The summed E-state index contributed by atoms with van der Waals surface area (Å²) in [4.78, 5) is 4.43. The minimum atomic E-state index is 0.748. The third kappa shape index (κ3) is 3.86. The summed E-state index contributed by atoms with van der Waals surface area (Å²) in [5.41, 5.74) is 4.41. The zero-order valence-corrected chi connectivity index (χ0v) is 11.5. The minimum absolute atomic E-state index is 0.748. The van der Waals surface area contributed by atoms with Gasteiger partial charge >= 0.3 is 0 Å². The molecule has 0 atom stereocenters. The Hall–Kier alpha value is -1.34. The predicted octanol–water partition coefficient (Wildman–Crippen LogP) is 4.97. The molecule has 0 spiro atoms. The van der Waals surface area contributed by atoms with Crippen molar-refractivity contribution in [1.29, 1.82) is 0 Å². The number of halogens is 1. The van der Waals surface area contributed by atoms with E-state index in [4.69, 9.17) is 11.6 Å². The maximum Gasteiger partial charge on any atom is 0.0655 e. The summed E-state index contributed by atoms with van der Waals surface area (Å²) in [5.74, 6) is 0. The van der Waals surface area contributed by atoms with E-state index in [2.05, 4.69) is 18.0 Å². The molecule has 0 aliphatic heterocycles. The van der Waals surface area contributed by atoms with Crippen molar-refractivity contribution < 1.29 is 0 Å². The lowest BCUT2D eigenvalue weighted by molar-refractivity contribution is 1.22. The van der Waals surface area contributed by atoms with Gasteiger partial charge in [0.1, 0.15) is 0 Å². The number of rotatable bonds is 3. The van der Waals surface area contributed by atoms with Gasteiger partial charge in [0.15, 0.2) is 0 Å². The van der Waals surface area contributed by atoms with E-state index in [1.165, 1.54) is 5.56 Å². The Kier molecular flexibility index (Phi) is 5.17. The summed E-state index contributed by atoms with van der Waals surface area (Å²) < 4.78 is 0. The second kappa shape index (κ2) is 6.41. The summed E-state index contributed by atoms with van der Waals surface area (Å²) in [6.07, 6.45) is 9.71. The molecule has 90 valence electrons. The molecule has 0 radical (unpaired) electrons. The summed E-state index contributed by atoms with van der Waals surface area (Å²) in [7, 11) is 0. The van der Waals surface area contributed by atoms with Crippen LogP contribution >= 0.6 is 11.6 Å². The molecule has 2 heteroatoms. The van der Waals surface area contributed by atoms with Crippen LogP contribution in [-0.2, 0) is 0 Å². The van der Waals surface area contributed by atoms with E-state index in [1.807, 2.05) is 51.3 Å². The zero-order chi connectivity index (χ0) is 12.8. The van der Waals surface area contributed by atoms with Gasteiger partial charge in [-0.1, -0.05) is 23.8 Å². The number of hydrogen-bond donors (Lipinski definition) is 0. The molecule has 0 saturated carbocycles. The largest absolute Gasteiger partial charge is 0.256 e. The first-order valence-electron chi connectivity index (χ1n) is 5.68. The van der Waals surface area contributed by atoms with Gasteiger partial charge in [-0.05, 0) is 62.6 Å². The molecule has 0 unspecified atom stereocenters. The highest BCUT2D eigenvalue weighted by Gasteiger charge is 2.01. The Morgan fingerprint density at radius 2 is 2.06 bits per heavy atom. The summed E-state index contributed by atoms with van der Waals surface area (Å²) in [5, 5.41) is 0.748. The van der Waals surface area contributed by atoms with Crippen LogP contribution in [-0.4, -0.2) is 4.98 Å². The third-order valence-corrected chi connectivity index (χ3v) is 2.86. The smallest absolute Gasteiger partial charge is 0.0655 e. The van der Waals surface area contributed by atoms with Gasteiger partial charge in [0.25, 0.3) is 0 Å². The third-order valence-electron chi connectivity index (χ3n) is 2.53. The van der Waals surface area contributed by atoms with Crippen molar-refractivity contribution in [1.82, 2.24) is 4.98 Å². The lowest BCUT2D eigenvalue weighted by Crippen LogP contribution is -1.90. The average molecular weight is 248 g/mol. The lowest BCUT2D eigenvalue weighted by Gasteiger charge is -2.05. The topological polar surface area (TPSA) is 12.9 Å². The molecular weight excluding hydrogens is 230 g/mol. The van der Waals surface area contributed by atoms with Crippen LogP contribution in [0.5, 0.6) is 0 Å². The monoisotopic (exact) mass is 247 g/mol. The molecule has 0 aromatic carbocycles. The van der Waals surface area contributed by atoms with Crippen LogP contribution in [0.2, 0.25) is 0 Å². The molecule has 1 aromatic rings. The van der Waals surface area contributed by atoms with E-state index >= 15 is 0 Å². The zero-order valence-electron chi connectivity index (χ0n) is 10.8. The second-order valence-electron chi connectivity index (χ2n) is 3.93. The summed E-state index contributed by atoms with van der Waals surface area (Å²) in [6, 6.07) is 2.13. The maximum absolute atomic E-state index is 5.98. The maximum atomic E-state index is 5.98. The number of allylic oxidation sites excluding steroid dienone is 5. The van der Waals surface area contributed by atoms with Crippen molar-refractivity contribution in [2.24, 2.45) is 0 Å². The molecule has 17 heavy (non-hydrogen) atoms. The van der Waals surface area contributed by atoms with Crippen LogP contribution in [0.3, 0.4) is 0 Å². The molecular formula is C15H18ClN. The molecule has 0 N–H and O–H groups in total. The molecule has 1 rings (SSSR count). The Labute approximate surface area is 109 Å². The van der Waals surface area contributed by atoms with Crippen LogP contribution in [0.25, 0.3) is 11.6 Å². The van der Waals surface area contributed by atoms with Crippen LogP contribution < -0.4 is 0 Å². The molecule has 0 amide bonds. The molecule has 0 aliphatic rings. The molecule has 0 fully saturated rings. The molecule has 0 saturated heterocycles. The average Bonchev–Trinajstić information content (AvgIpc) is 2.31. The first-order valence-corrected chi connectivity index (χ1v) is 6.06. The fraction of sp³-hybridized carbons (Fsp3) is 0.267. The number of hydrogen-bond acceptors (Lipinski definition) is 1. The quantitative estimate of drug-likeness (QED) is 0.688. The normalized spacial score (nSPS) is 13.5. The first kappa shape index (κ1) is 13.7. The van der Waals surface area contributed by atoms with Gasteiger partial charge in [0.05, 0.1) is 5.69 Å². The highest BCUT2D eigenvalue weighted by Crippen LogP contribution is 2.19. The second-order valence-corrected chi connectivity index (χ2v) is 4.36. The van der Waals surface area contributed by atoms with Crippen LogP contribution in [0, 0.1) is 6.92 Å². The van der Waals surface area contributed by atoms with Gasteiger partial charge in [0, 0.05) is 11.2 Å². The molecule has 1 aromatic heterocycles. The van der Waals surface area contributed by atoms with Crippen molar-refractivity contribution in [3.63, 3.8) is 0 Å². The number of nitrogens with zero attached hydrogens (tertiary/aromatic N) is 1. The lowest BCUT2D eigenvalue weighted by atomic mass is 10.1. The molecule has 0 aliphatic carbocycles. The van der Waals surface area contributed by atoms with E-state index < -0.39 is 0 Å². The molecule has 1 nitrogen and oxygen atoms in total. The van der Waals surface area contributed by atoms with E-state index in [0.717, 1.165) is 21.9 Å².